The third-order valence-corrected chi connectivity index (χ3v) is 3.50. The van der Waals surface area contributed by atoms with Crippen molar-refractivity contribution in [1.29, 1.82) is 0 Å². The maximum Gasteiger partial charge on any atom is 0.120 e. The van der Waals surface area contributed by atoms with E-state index in [0.29, 0.717) is 11.8 Å². The average Bonchev–Trinajstić information content (AvgIpc) is 2.30. The van der Waals surface area contributed by atoms with Gasteiger partial charge in [-0.05, 0) is 49.5 Å². The molecule has 0 aliphatic heterocycles. The van der Waals surface area contributed by atoms with Crippen molar-refractivity contribution < 1.29 is 4.74 Å². The topological polar surface area (TPSA) is 21.3 Å². The highest BCUT2D eigenvalue weighted by molar-refractivity contribution is 6.31. The van der Waals surface area contributed by atoms with Gasteiger partial charge in [-0.15, -0.1) is 0 Å². The van der Waals surface area contributed by atoms with Crippen LogP contribution in [0.25, 0.3) is 0 Å². The molecule has 0 radical (unpaired) electrons. The van der Waals surface area contributed by atoms with E-state index in [4.69, 9.17) is 16.3 Å². The molecule has 96 valence electrons. The lowest BCUT2D eigenvalue weighted by molar-refractivity contribution is 0.370. The van der Waals surface area contributed by atoms with E-state index in [-0.39, 0.29) is 0 Å². The molecule has 1 atom stereocenters. The molecule has 1 N–H and O–H groups in total. The van der Waals surface area contributed by atoms with Crippen molar-refractivity contribution in [3.63, 3.8) is 0 Å². The van der Waals surface area contributed by atoms with Crippen molar-refractivity contribution in [2.45, 2.75) is 20.3 Å². The average molecular weight is 256 g/mol. The molecule has 0 aliphatic carbocycles. The van der Waals surface area contributed by atoms with Crippen molar-refractivity contribution >= 4 is 11.6 Å². The Morgan fingerprint density at radius 1 is 1.35 bits per heavy atom. The van der Waals surface area contributed by atoms with Crippen LogP contribution in [-0.4, -0.2) is 20.7 Å². The minimum Gasteiger partial charge on any atom is -0.497 e. The quantitative estimate of drug-likeness (QED) is 0.842. The van der Waals surface area contributed by atoms with Gasteiger partial charge in [0.15, 0.2) is 0 Å². The Hall–Kier alpha value is -0.730. The summed E-state index contributed by atoms with van der Waals surface area (Å²) in [6.45, 7) is 5.51. The number of halogens is 1. The first-order valence-corrected chi connectivity index (χ1v) is 6.43. The van der Waals surface area contributed by atoms with Crippen molar-refractivity contribution in [3.8, 4) is 5.75 Å². The van der Waals surface area contributed by atoms with Gasteiger partial charge in [-0.3, -0.25) is 0 Å². The Bertz CT molecular complexity index is 352. The highest BCUT2D eigenvalue weighted by Gasteiger charge is 2.15. The zero-order chi connectivity index (χ0) is 12.8. The SMILES string of the molecule is CNCC(Cc1ccc(OC)cc1Cl)C(C)C. The second-order valence-electron chi connectivity index (χ2n) is 4.72. The normalized spacial score (nSPS) is 12.8. The Kier molecular flexibility index (Phi) is 5.79. The van der Waals surface area contributed by atoms with Gasteiger partial charge in [-0.1, -0.05) is 31.5 Å². The van der Waals surface area contributed by atoms with Gasteiger partial charge in [0.1, 0.15) is 5.75 Å². The number of hydrogen-bond acceptors (Lipinski definition) is 2. The molecule has 1 rings (SSSR count). The van der Waals surface area contributed by atoms with Crippen LogP contribution in [-0.2, 0) is 6.42 Å². The summed E-state index contributed by atoms with van der Waals surface area (Å²) in [5, 5.41) is 4.04. The third kappa shape index (κ3) is 4.21. The summed E-state index contributed by atoms with van der Waals surface area (Å²) in [4.78, 5) is 0. The van der Waals surface area contributed by atoms with Crippen LogP contribution in [0.5, 0.6) is 5.75 Å². The van der Waals surface area contributed by atoms with Crippen molar-refractivity contribution in [2.24, 2.45) is 11.8 Å². The molecule has 0 saturated heterocycles. The molecule has 0 aromatic heterocycles. The van der Waals surface area contributed by atoms with Crippen LogP contribution in [0.1, 0.15) is 19.4 Å². The largest absolute Gasteiger partial charge is 0.497 e. The van der Waals surface area contributed by atoms with Gasteiger partial charge in [0.2, 0.25) is 0 Å². The highest BCUT2D eigenvalue weighted by Crippen LogP contribution is 2.26. The molecule has 1 aromatic carbocycles. The Balaban J connectivity index is 2.78. The van der Waals surface area contributed by atoms with E-state index in [0.717, 1.165) is 23.7 Å². The molecule has 2 nitrogen and oxygen atoms in total. The number of ether oxygens (including phenoxy) is 1. The molecule has 0 fully saturated rings. The molecular formula is C14H22ClNO. The number of benzene rings is 1. The smallest absolute Gasteiger partial charge is 0.120 e. The molecule has 0 saturated carbocycles. The van der Waals surface area contributed by atoms with Gasteiger partial charge in [-0.25, -0.2) is 0 Å². The molecular weight excluding hydrogens is 234 g/mol. The lowest BCUT2D eigenvalue weighted by atomic mass is 9.89. The molecule has 3 heteroatoms. The predicted molar refractivity (Wildman–Crippen MR) is 74.0 cm³/mol. The van der Waals surface area contributed by atoms with Crippen molar-refractivity contribution in [3.05, 3.63) is 28.8 Å². The fourth-order valence-corrected chi connectivity index (χ4v) is 2.16. The lowest BCUT2D eigenvalue weighted by Crippen LogP contribution is -2.25. The van der Waals surface area contributed by atoms with E-state index < -0.39 is 0 Å². The second-order valence-corrected chi connectivity index (χ2v) is 5.13. The zero-order valence-electron chi connectivity index (χ0n) is 11.1. The van der Waals surface area contributed by atoms with Gasteiger partial charge < -0.3 is 10.1 Å². The highest BCUT2D eigenvalue weighted by atomic mass is 35.5. The minimum atomic E-state index is 0.603. The van der Waals surface area contributed by atoms with Crippen LogP contribution >= 0.6 is 11.6 Å². The van der Waals surface area contributed by atoms with Gasteiger partial charge in [0.05, 0.1) is 7.11 Å². The fraction of sp³-hybridized carbons (Fsp3) is 0.571. The summed E-state index contributed by atoms with van der Waals surface area (Å²) in [6.07, 6.45) is 1.00. The first-order chi connectivity index (χ1) is 8.08. The van der Waals surface area contributed by atoms with Crippen LogP contribution < -0.4 is 10.1 Å². The van der Waals surface area contributed by atoms with Crippen LogP contribution in [0.3, 0.4) is 0 Å². The van der Waals surface area contributed by atoms with Crippen LogP contribution in [0.15, 0.2) is 18.2 Å². The first kappa shape index (κ1) is 14.3. The van der Waals surface area contributed by atoms with E-state index >= 15 is 0 Å². The van der Waals surface area contributed by atoms with Gasteiger partial charge in [0, 0.05) is 5.02 Å². The molecule has 1 unspecified atom stereocenters. The Labute approximate surface area is 109 Å². The summed E-state index contributed by atoms with van der Waals surface area (Å²) >= 11 is 6.26. The third-order valence-electron chi connectivity index (χ3n) is 3.15. The molecule has 17 heavy (non-hydrogen) atoms. The second kappa shape index (κ2) is 6.87. The maximum absolute atomic E-state index is 6.26. The molecule has 1 aromatic rings. The van der Waals surface area contributed by atoms with Gasteiger partial charge in [-0.2, -0.15) is 0 Å². The summed E-state index contributed by atoms with van der Waals surface area (Å²) in [5.74, 6) is 2.06. The van der Waals surface area contributed by atoms with Crippen LogP contribution in [0.4, 0.5) is 0 Å². The van der Waals surface area contributed by atoms with E-state index in [2.05, 4.69) is 25.2 Å². The molecule has 0 heterocycles. The van der Waals surface area contributed by atoms with Crippen LogP contribution in [0.2, 0.25) is 5.02 Å². The first-order valence-electron chi connectivity index (χ1n) is 6.05. The number of rotatable bonds is 6. The van der Waals surface area contributed by atoms with Crippen molar-refractivity contribution in [1.82, 2.24) is 5.32 Å². The predicted octanol–water partition coefficient (Wildman–Crippen LogP) is 3.38. The molecule has 0 bridgehead atoms. The standard InChI is InChI=1S/C14H22ClNO/c1-10(2)12(9-16-3)7-11-5-6-13(17-4)8-14(11)15/h5-6,8,10,12,16H,7,9H2,1-4H3. The van der Waals surface area contributed by atoms with Gasteiger partial charge >= 0.3 is 0 Å². The monoisotopic (exact) mass is 255 g/mol. The Morgan fingerprint density at radius 3 is 2.53 bits per heavy atom. The zero-order valence-corrected chi connectivity index (χ0v) is 11.8. The number of hydrogen-bond donors (Lipinski definition) is 1. The summed E-state index contributed by atoms with van der Waals surface area (Å²) < 4.78 is 5.15. The molecule has 0 spiro atoms. The maximum atomic E-state index is 6.26. The lowest BCUT2D eigenvalue weighted by Gasteiger charge is -2.21. The van der Waals surface area contributed by atoms with Gasteiger partial charge in [0.25, 0.3) is 0 Å². The van der Waals surface area contributed by atoms with Crippen molar-refractivity contribution in [2.75, 3.05) is 20.7 Å². The summed E-state index contributed by atoms with van der Waals surface area (Å²) in [6, 6.07) is 5.91. The Morgan fingerprint density at radius 2 is 2.06 bits per heavy atom. The van der Waals surface area contributed by atoms with Crippen LogP contribution in [0, 0.1) is 11.8 Å². The molecule has 0 amide bonds. The number of methoxy groups -OCH3 is 1. The summed E-state index contributed by atoms with van der Waals surface area (Å²) in [5.41, 5.74) is 1.20. The minimum absolute atomic E-state index is 0.603. The van der Waals surface area contributed by atoms with E-state index in [1.165, 1.54) is 5.56 Å². The van der Waals surface area contributed by atoms with E-state index in [9.17, 15) is 0 Å². The van der Waals surface area contributed by atoms with E-state index in [1.54, 1.807) is 7.11 Å². The fourth-order valence-electron chi connectivity index (χ4n) is 1.91. The molecule has 0 aliphatic rings. The van der Waals surface area contributed by atoms with E-state index in [1.807, 2.05) is 19.2 Å². The number of nitrogens with one attached hydrogen (secondary N) is 1. The summed E-state index contributed by atoms with van der Waals surface area (Å²) in [7, 11) is 3.65.